The lowest BCUT2D eigenvalue weighted by Gasteiger charge is -2.17. The highest BCUT2D eigenvalue weighted by Gasteiger charge is 2.22. The topological polar surface area (TPSA) is 150 Å². The molecule has 0 aromatic heterocycles. The van der Waals surface area contributed by atoms with Crippen LogP contribution in [0.5, 0.6) is 0 Å². The zero-order chi connectivity index (χ0) is 23.6. The molecule has 1 rings (SSSR count). The minimum atomic E-state index is -1.05. The number of aryl methyl sites for hydroxylation is 1. The monoisotopic (exact) mass is 438 g/mol. The summed E-state index contributed by atoms with van der Waals surface area (Å²) in [6.07, 6.45) is 8.62. The van der Waals surface area contributed by atoms with Crippen LogP contribution < -0.4 is 11.1 Å². The number of benzene rings is 1. The highest BCUT2D eigenvalue weighted by Crippen LogP contribution is 2.08. The van der Waals surface area contributed by atoms with Crippen molar-refractivity contribution in [1.82, 2.24) is 5.32 Å². The smallest absolute Gasteiger partial charge is 0.320 e. The average Bonchev–Trinajstić information content (AvgIpc) is 2.74. The molecule has 6 N–H and O–H groups in total. The molecule has 0 aliphatic carbocycles. The maximum atomic E-state index is 11.0. The minimum absolute atomic E-state index is 0.358. The third-order valence-electron chi connectivity index (χ3n) is 4.87. The van der Waals surface area contributed by atoms with E-state index in [1.165, 1.54) is 32.6 Å². The summed E-state index contributed by atoms with van der Waals surface area (Å²) < 4.78 is 0. The Hall–Kier alpha value is -2.45. The lowest BCUT2D eigenvalue weighted by atomic mass is 10.0. The van der Waals surface area contributed by atoms with Gasteiger partial charge in [-0.25, -0.2) is 0 Å². The molecular formula is C23H38N2O6. The van der Waals surface area contributed by atoms with Crippen molar-refractivity contribution in [3.05, 3.63) is 35.9 Å². The number of carboxylic acids is 3. The Morgan fingerprint density at radius 2 is 1.45 bits per heavy atom. The third-order valence-corrected chi connectivity index (χ3v) is 4.87. The molecule has 176 valence electrons. The second kappa shape index (κ2) is 17.3. The summed E-state index contributed by atoms with van der Waals surface area (Å²) in [4.78, 5) is 32.0. The van der Waals surface area contributed by atoms with Crippen molar-refractivity contribution in [2.24, 2.45) is 5.73 Å². The SMILES string of the molecule is CCCCCCCC[C@H](N)C(=O)O.C[C@@H](N[C@@H](CCc1ccccc1)C(=O)O)C(=O)O. The molecule has 0 radical (unpaired) electrons. The zero-order valence-electron chi connectivity index (χ0n) is 18.6. The Kier molecular flexibility index (Phi) is 15.9. The Morgan fingerprint density at radius 1 is 0.871 bits per heavy atom. The second-order valence-corrected chi connectivity index (χ2v) is 7.64. The standard InChI is InChI=1S/C13H17NO4.C10H21NO2/c1-9(12(15)16)14-11(13(17)18)8-7-10-5-3-2-4-6-10;1-2-3-4-5-6-7-8-9(11)10(12)13/h2-6,9,11,14H,7-8H2,1H3,(H,15,16)(H,17,18);9H,2-8,11H2,1H3,(H,12,13)/t9-,11+;9-/m10/s1. The van der Waals surface area contributed by atoms with Gasteiger partial charge in [0.15, 0.2) is 0 Å². The minimum Gasteiger partial charge on any atom is -0.480 e. The van der Waals surface area contributed by atoms with Crippen LogP contribution in [0.3, 0.4) is 0 Å². The fourth-order valence-electron chi connectivity index (χ4n) is 2.87. The first kappa shape index (κ1) is 28.5. The van der Waals surface area contributed by atoms with Gasteiger partial charge in [0.2, 0.25) is 0 Å². The first-order valence-corrected chi connectivity index (χ1v) is 10.9. The molecule has 0 spiro atoms. The average molecular weight is 439 g/mol. The summed E-state index contributed by atoms with van der Waals surface area (Å²) in [5.74, 6) is -2.96. The van der Waals surface area contributed by atoms with E-state index >= 15 is 0 Å². The largest absolute Gasteiger partial charge is 0.480 e. The molecule has 1 aromatic carbocycles. The highest BCUT2D eigenvalue weighted by atomic mass is 16.4. The molecular weight excluding hydrogens is 400 g/mol. The maximum absolute atomic E-state index is 11.0. The third kappa shape index (κ3) is 15.1. The van der Waals surface area contributed by atoms with E-state index in [0.717, 1.165) is 18.4 Å². The number of hydrogen-bond donors (Lipinski definition) is 5. The second-order valence-electron chi connectivity index (χ2n) is 7.64. The number of hydrogen-bond acceptors (Lipinski definition) is 5. The Bertz CT molecular complexity index is 638. The van der Waals surface area contributed by atoms with Gasteiger partial charge >= 0.3 is 17.9 Å². The van der Waals surface area contributed by atoms with Gasteiger partial charge < -0.3 is 21.1 Å². The molecule has 0 unspecified atom stereocenters. The molecule has 8 heteroatoms. The van der Waals surface area contributed by atoms with E-state index in [-0.39, 0.29) is 0 Å². The van der Waals surface area contributed by atoms with E-state index in [1.807, 2.05) is 30.3 Å². The molecule has 0 saturated heterocycles. The van der Waals surface area contributed by atoms with E-state index in [4.69, 9.17) is 21.1 Å². The number of aliphatic carboxylic acids is 3. The van der Waals surface area contributed by atoms with Gasteiger partial charge in [0.1, 0.15) is 18.1 Å². The number of unbranched alkanes of at least 4 members (excludes halogenated alkanes) is 5. The predicted molar refractivity (Wildman–Crippen MR) is 120 cm³/mol. The molecule has 0 bridgehead atoms. The van der Waals surface area contributed by atoms with Crippen LogP contribution in [-0.2, 0) is 20.8 Å². The van der Waals surface area contributed by atoms with E-state index in [2.05, 4.69) is 12.2 Å². The number of nitrogens with one attached hydrogen (secondary N) is 1. The predicted octanol–water partition coefficient (Wildman–Crippen LogP) is 3.28. The molecule has 1 aromatic rings. The summed E-state index contributed by atoms with van der Waals surface area (Å²) in [7, 11) is 0. The first-order valence-electron chi connectivity index (χ1n) is 10.9. The first-order chi connectivity index (χ1) is 14.7. The molecule has 0 amide bonds. The summed E-state index contributed by atoms with van der Waals surface area (Å²) in [5, 5.41) is 28.9. The van der Waals surface area contributed by atoms with Crippen LogP contribution in [0.1, 0.15) is 70.8 Å². The van der Waals surface area contributed by atoms with Crippen LogP contribution in [0, 0.1) is 0 Å². The van der Waals surface area contributed by atoms with Gasteiger partial charge in [0.05, 0.1) is 0 Å². The van der Waals surface area contributed by atoms with Gasteiger partial charge in [-0.3, -0.25) is 19.7 Å². The molecule has 0 heterocycles. The Balaban J connectivity index is 0.000000615. The molecule has 8 nitrogen and oxygen atoms in total. The van der Waals surface area contributed by atoms with Crippen molar-refractivity contribution in [3.8, 4) is 0 Å². The lowest BCUT2D eigenvalue weighted by molar-refractivity contribution is -0.142. The van der Waals surface area contributed by atoms with Crippen LogP contribution in [0.15, 0.2) is 30.3 Å². The van der Waals surface area contributed by atoms with Crippen molar-refractivity contribution in [2.75, 3.05) is 0 Å². The van der Waals surface area contributed by atoms with Crippen LogP contribution in [0.25, 0.3) is 0 Å². The summed E-state index contributed by atoms with van der Waals surface area (Å²) in [5.41, 5.74) is 6.39. The van der Waals surface area contributed by atoms with Gasteiger partial charge in [0.25, 0.3) is 0 Å². The van der Waals surface area contributed by atoms with Crippen LogP contribution in [0.4, 0.5) is 0 Å². The number of nitrogens with two attached hydrogens (primary N) is 1. The van der Waals surface area contributed by atoms with Gasteiger partial charge in [-0.05, 0) is 31.7 Å². The fraction of sp³-hybridized carbons (Fsp3) is 0.609. The van der Waals surface area contributed by atoms with E-state index in [1.54, 1.807) is 0 Å². The fourth-order valence-corrected chi connectivity index (χ4v) is 2.87. The Labute approximate surface area is 184 Å². The number of carbonyl (C=O) groups is 3. The Morgan fingerprint density at radius 3 is 1.97 bits per heavy atom. The molecule has 3 atom stereocenters. The van der Waals surface area contributed by atoms with Gasteiger partial charge in [0, 0.05) is 0 Å². The van der Waals surface area contributed by atoms with Crippen molar-refractivity contribution >= 4 is 17.9 Å². The molecule has 0 aliphatic heterocycles. The maximum Gasteiger partial charge on any atom is 0.320 e. The molecule has 0 aliphatic rings. The number of carboxylic acid groups (broad SMARTS) is 3. The normalized spacial score (nSPS) is 13.4. The van der Waals surface area contributed by atoms with E-state index < -0.39 is 36.0 Å². The van der Waals surface area contributed by atoms with Crippen LogP contribution >= 0.6 is 0 Å². The zero-order valence-corrected chi connectivity index (χ0v) is 18.6. The van der Waals surface area contributed by atoms with Gasteiger partial charge in [-0.2, -0.15) is 0 Å². The summed E-state index contributed by atoms with van der Waals surface area (Å²) in [6, 6.07) is 7.11. The number of rotatable bonds is 15. The molecule has 0 saturated carbocycles. The summed E-state index contributed by atoms with van der Waals surface area (Å²) in [6.45, 7) is 3.61. The molecule has 31 heavy (non-hydrogen) atoms. The lowest BCUT2D eigenvalue weighted by Crippen LogP contribution is -2.45. The quantitative estimate of drug-likeness (QED) is 0.262. The van der Waals surface area contributed by atoms with Crippen LogP contribution in [0.2, 0.25) is 0 Å². The van der Waals surface area contributed by atoms with Crippen LogP contribution in [-0.4, -0.2) is 51.4 Å². The van der Waals surface area contributed by atoms with Gasteiger partial charge in [-0.15, -0.1) is 0 Å². The van der Waals surface area contributed by atoms with E-state index in [0.29, 0.717) is 19.3 Å². The van der Waals surface area contributed by atoms with Crippen molar-refractivity contribution in [3.63, 3.8) is 0 Å². The van der Waals surface area contributed by atoms with E-state index in [9.17, 15) is 14.4 Å². The highest BCUT2D eigenvalue weighted by molar-refractivity contribution is 5.77. The van der Waals surface area contributed by atoms with Gasteiger partial charge in [-0.1, -0.05) is 75.8 Å². The van der Waals surface area contributed by atoms with Crippen molar-refractivity contribution in [2.45, 2.75) is 89.8 Å². The summed E-state index contributed by atoms with van der Waals surface area (Å²) >= 11 is 0. The van der Waals surface area contributed by atoms with Crippen molar-refractivity contribution in [1.29, 1.82) is 0 Å². The molecule has 0 fully saturated rings. The van der Waals surface area contributed by atoms with Crippen molar-refractivity contribution < 1.29 is 29.7 Å².